The fraction of sp³-hybridized carbons (Fsp3) is 0.462. The molecule has 2 N–H and O–H groups in total. The molecule has 2 aromatic carbocycles. The number of carbonyl (C=O) groups is 1. The molecule has 2 heterocycles. The first-order valence-electron chi connectivity index (χ1n) is 11.9. The number of amides is 1. The van der Waals surface area contributed by atoms with E-state index in [4.69, 9.17) is 4.99 Å². The molecule has 0 bridgehead atoms. The monoisotopic (exact) mass is 561 g/mol. The average molecular weight is 562 g/mol. The van der Waals surface area contributed by atoms with Crippen LogP contribution in [-0.4, -0.2) is 38.0 Å². The van der Waals surface area contributed by atoms with Gasteiger partial charge in [-0.1, -0.05) is 24.3 Å². The van der Waals surface area contributed by atoms with Crippen LogP contribution in [0.3, 0.4) is 0 Å². The molecule has 1 unspecified atom stereocenters. The van der Waals surface area contributed by atoms with Crippen molar-refractivity contribution in [3.8, 4) is 0 Å². The molecule has 4 rings (SSSR count). The predicted octanol–water partition coefficient (Wildman–Crippen LogP) is 4.85. The van der Waals surface area contributed by atoms with Gasteiger partial charge >= 0.3 is 0 Å². The van der Waals surface area contributed by atoms with Crippen LogP contribution in [-0.2, 0) is 11.3 Å². The minimum Gasteiger partial charge on any atom is -0.372 e. The fourth-order valence-electron chi connectivity index (χ4n) is 4.45. The van der Waals surface area contributed by atoms with Crippen LogP contribution in [0.1, 0.15) is 56.7 Å². The summed E-state index contributed by atoms with van der Waals surface area (Å²) in [4.78, 5) is 21.1. The Kier molecular flexibility index (Phi) is 9.41. The quantitative estimate of drug-likeness (QED) is 0.289. The maximum absolute atomic E-state index is 11.9. The van der Waals surface area contributed by atoms with Gasteiger partial charge in [0.25, 0.3) is 0 Å². The zero-order valence-electron chi connectivity index (χ0n) is 19.7. The van der Waals surface area contributed by atoms with Crippen LogP contribution >= 0.6 is 24.0 Å². The number of hydrogen-bond donors (Lipinski definition) is 2. The Hall–Kier alpha value is -2.29. The van der Waals surface area contributed by atoms with Gasteiger partial charge in [0.05, 0.1) is 12.6 Å². The Morgan fingerprint density at radius 2 is 1.79 bits per heavy atom. The maximum atomic E-state index is 11.9. The minimum atomic E-state index is 0. The highest BCUT2D eigenvalue weighted by atomic mass is 127. The van der Waals surface area contributed by atoms with E-state index in [1.165, 1.54) is 24.1 Å². The summed E-state index contributed by atoms with van der Waals surface area (Å²) >= 11 is 0. The first-order valence-corrected chi connectivity index (χ1v) is 11.9. The number of hydrogen-bond acceptors (Lipinski definition) is 3. The summed E-state index contributed by atoms with van der Waals surface area (Å²) in [6, 6.07) is 17.2. The van der Waals surface area contributed by atoms with Crippen molar-refractivity contribution in [3.63, 3.8) is 0 Å². The van der Waals surface area contributed by atoms with Crippen molar-refractivity contribution >= 4 is 47.2 Å². The smallest absolute Gasteiger partial charge is 0.227 e. The molecule has 1 amide bonds. The zero-order chi connectivity index (χ0) is 22.3. The minimum absolute atomic E-state index is 0. The Bertz CT molecular complexity index is 940. The molecule has 7 heteroatoms. The van der Waals surface area contributed by atoms with E-state index in [0.29, 0.717) is 13.0 Å². The molecular formula is C26H36IN5O. The number of aliphatic imine (C=N–C) groups is 1. The lowest BCUT2D eigenvalue weighted by atomic mass is 10.1. The van der Waals surface area contributed by atoms with Crippen molar-refractivity contribution in [3.05, 3.63) is 59.7 Å². The van der Waals surface area contributed by atoms with Crippen LogP contribution in [0.5, 0.6) is 0 Å². The molecule has 2 fully saturated rings. The van der Waals surface area contributed by atoms with Gasteiger partial charge in [-0.25, -0.2) is 4.99 Å². The molecule has 2 aliphatic heterocycles. The molecule has 0 saturated carbocycles. The van der Waals surface area contributed by atoms with E-state index < -0.39 is 0 Å². The van der Waals surface area contributed by atoms with Gasteiger partial charge in [-0.05, 0) is 68.5 Å². The van der Waals surface area contributed by atoms with Crippen LogP contribution in [0.4, 0.5) is 11.4 Å². The molecule has 178 valence electrons. The number of anilines is 2. The predicted molar refractivity (Wildman–Crippen MR) is 148 cm³/mol. The van der Waals surface area contributed by atoms with Gasteiger partial charge in [-0.2, -0.15) is 0 Å². The number of guanidine groups is 1. The summed E-state index contributed by atoms with van der Waals surface area (Å²) in [7, 11) is 0. The summed E-state index contributed by atoms with van der Waals surface area (Å²) in [6.45, 7) is 8.78. The SMILES string of the molecule is CCNC(=NCc1ccc(N2CCCC2=O)cc1)NC(C)c1cccc(N2CCCC2)c1.I. The lowest BCUT2D eigenvalue weighted by molar-refractivity contribution is -0.117. The van der Waals surface area contributed by atoms with Crippen LogP contribution < -0.4 is 20.4 Å². The molecule has 33 heavy (non-hydrogen) atoms. The molecule has 0 radical (unpaired) electrons. The van der Waals surface area contributed by atoms with Crippen molar-refractivity contribution in [2.75, 3.05) is 36.0 Å². The summed E-state index contributed by atoms with van der Waals surface area (Å²) in [5, 5.41) is 6.91. The molecule has 2 aliphatic rings. The number of rotatable bonds is 7. The van der Waals surface area contributed by atoms with Gasteiger partial charge in [0.1, 0.15) is 0 Å². The first-order chi connectivity index (χ1) is 15.6. The molecule has 0 aromatic heterocycles. The molecular weight excluding hydrogens is 525 g/mol. The van der Waals surface area contributed by atoms with Crippen molar-refractivity contribution in [2.24, 2.45) is 4.99 Å². The fourth-order valence-corrected chi connectivity index (χ4v) is 4.45. The van der Waals surface area contributed by atoms with Crippen molar-refractivity contribution in [2.45, 2.75) is 52.1 Å². The van der Waals surface area contributed by atoms with E-state index in [2.05, 4.69) is 65.8 Å². The van der Waals surface area contributed by atoms with E-state index in [9.17, 15) is 4.79 Å². The summed E-state index contributed by atoms with van der Waals surface area (Å²) < 4.78 is 0. The van der Waals surface area contributed by atoms with E-state index in [0.717, 1.165) is 49.8 Å². The second-order valence-electron chi connectivity index (χ2n) is 8.67. The van der Waals surface area contributed by atoms with E-state index in [1.807, 2.05) is 17.0 Å². The highest BCUT2D eigenvalue weighted by molar-refractivity contribution is 14.0. The second kappa shape index (κ2) is 12.3. The lowest BCUT2D eigenvalue weighted by Crippen LogP contribution is -2.38. The average Bonchev–Trinajstić information content (AvgIpc) is 3.50. The first kappa shape index (κ1) is 25.3. The Balaban J connectivity index is 0.00000306. The van der Waals surface area contributed by atoms with Gasteiger partial charge in [0.2, 0.25) is 5.91 Å². The van der Waals surface area contributed by atoms with E-state index in [-0.39, 0.29) is 35.9 Å². The number of benzene rings is 2. The van der Waals surface area contributed by atoms with Gasteiger partial charge in [0.15, 0.2) is 5.96 Å². The Labute approximate surface area is 214 Å². The molecule has 6 nitrogen and oxygen atoms in total. The van der Waals surface area contributed by atoms with E-state index >= 15 is 0 Å². The third-order valence-electron chi connectivity index (χ3n) is 6.28. The lowest BCUT2D eigenvalue weighted by Gasteiger charge is -2.22. The van der Waals surface area contributed by atoms with Crippen LogP contribution in [0, 0.1) is 0 Å². The number of nitrogens with one attached hydrogen (secondary N) is 2. The van der Waals surface area contributed by atoms with Crippen LogP contribution in [0.25, 0.3) is 0 Å². The standard InChI is InChI=1S/C26H35N5O.HI/c1-3-27-26(28-19-21-11-13-23(14-12-21)31-17-7-10-25(31)32)29-20(2)22-8-6-9-24(18-22)30-15-4-5-16-30;/h6,8-9,11-14,18,20H,3-5,7,10,15-17,19H2,1-2H3,(H2,27,28,29);1H. The van der Waals surface area contributed by atoms with Crippen LogP contribution in [0.15, 0.2) is 53.5 Å². The highest BCUT2D eigenvalue weighted by Gasteiger charge is 2.21. The van der Waals surface area contributed by atoms with Gasteiger partial charge in [-0.3, -0.25) is 4.79 Å². The molecule has 0 spiro atoms. The van der Waals surface area contributed by atoms with Crippen molar-refractivity contribution in [1.82, 2.24) is 10.6 Å². The Morgan fingerprint density at radius 3 is 2.45 bits per heavy atom. The number of nitrogens with zero attached hydrogens (tertiary/aromatic N) is 3. The third kappa shape index (κ3) is 6.62. The maximum Gasteiger partial charge on any atom is 0.227 e. The van der Waals surface area contributed by atoms with E-state index in [1.54, 1.807) is 0 Å². The van der Waals surface area contributed by atoms with Crippen molar-refractivity contribution < 1.29 is 4.79 Å². The normalized spacial score (nSPS) is 17.2. The largest absolute Gasteiger partial charge is 0.372 e. The topological polar surface area (TPSA) is 60.0 Å². The molecule has 1 atom stereocenters. The summed E-state index contributed by atoms with van der Waals surface area (Å²) in [6.07, 6.45) is 4.17. The van der Waals surface area contributed by atoms with Crippen molar-refractivity contribution in [1.29, 1.82) is 0 Å². The summed E-state index contributed by atoms with van der Waals surface area (Å²) in [5.41, 5.74) is 4.69. The molecule has 2 saturated heterocycles. The summed E-state index contributed by atoms with van der Waals surface area (Å²) in [5.74, 6) is 1.03. The molecule has 2 aromatic rings. The zero-order valence-corrected chi connectivity index (χ0v) is 22.0. The third-order valence-corrected chi connectivity index (χ3v) is 6.28. The highest BCUT2D eigenvalue weighted by Crippen LogP contribution is 2.24. The Morgan fingerprint density at radius 1 is 1.03 bits per heavy atom. The number of halogens is 1. The second-order valence-corrected chi connectivity index (χ2v) is 8.67. The van der Waals surface area contributed by atoms with Gasteiger partial charge < -0.3 is 20.4 Å². The van der Waals surface area contributed by atoms with Gasteiger partial charge in [0, 0.05) is 44.0 Å². The molecule has 0 aliphatic carbocycles. The number of carbonyl (C=O) groups excluding carboxylic acids is 1. The van der Waals surface area contributed by atoms with Gasteiger partial charge in [-0.15, -0.1) is 24.0 Å². The van der Waals surface area contributed by atoms with Crippen LogP contribution in [0.2, 0.25) is 0 Å².